The predicted molar refractivity (Wildman–Crippen MR) is 71.7 cm³/mol. The Kier molecular flexibility index (Phi) is 2.92. The van der Waals surface area contributed by atoms with E-state index in [0.717, 1.165) is 36.5 Å². The zero-order valence-corrected chi connectivity index (χ0v) is 11.2. The summed E-state index contributed by atoms with van der Waals surface area (Å²) in [5, 5.41) is 8.95. The number of fused-ring (bicyclic) bond motifs is 3. The van der Waals surface area contributed by atoms with Crippen molar-refractivity contribution in [2.24, 2.45) is 5.92 Å². The van der Waals surface area contributed by atoms with Crippen molar-refractivity contribution in [3.8, 4) is 0 Å². The molecule has 0 radical (unpaired) electrons. The molecule has 2 atom stereocenters. The Morgan fingerprint density at radius 3 is 2.85 bits per heavy atom. The van der Waals surface area contributed by atoms with Crippen molar-refractivity contribution >= 4 is 11.5 Å². The van der Waals surface area contributed by atoms with Crippen LogP contribution in [0, 0.1) is 5.92 Å². The van der Waals surface area contributed by atoms with Gasteiger partial charge in [-0.1, -0.05) is 12.1 Å². The van der Waals surface area contributed by atoms with Crippen molar-refractivity contribution < 1.29 is 18.7 Å². The van der Waals surface area contributed by atoms with Crippen molar-refractivity contribution in [3.05, 3.63) is 41.0 Å². The van der Waals surface area contributed by atoms with Gasteiger partial charge in [0.15, 0.2) is 0 Å². The molecule has 20 heavy (non-hydrogen) atoms. The average Bonchev–Trinajstić information content (AvgIpc) is 3.11. The van der Waals surface area contributed by atoms with Gasteiger partial charge in [-0.3, -0.25) is 0 Å². The number of alkyl halides is 2. The molecule has 1 aromatic rings. The molecular formula is C16H16F2O2. The summed E-state index contributed by atoms with van der Waals surface area (Å²) in [6.45, 7) is 0.893. The van der Waals surface area contributed by atoms with E-state index in [1.807, 2.05) is 0 Å². The van der Waals surface area contributed by atoms with Crippen LogP contribution in [-0.2, 0) is 10.7 Å². The number of carboxylic acids is 1. The molecule has 3 rings (SSSR count). The van der Waals surface area contributed by atoms with E-state index in [1.165, 1.54) is 12.1 Å². The van der Waals surface area contributed by atoms with Crippen LogP contribution >= 0.6 is 0 Å². The smallest absolute Gasteiger partial charge is 0.328 e. The summed E-state index contributed by atoms with van der Waals surface area (Å²) in [4.78, 5) is 10.9. The van der Waals surface area contributed by atoms with E-state index in [9.17, 15) is 13.6 Å². The molecule has 0 aromatic heterocycles. The molecule has 1 saturated carbocycles. The molecule has 0 aliphatic heterocycles. The zero-order chi connectivity index (χ0) is 14.5. The van der Waals surface area contributed by atoms with Gasteiger partial charge >= 0.3 is 5.97 Å². The lowest BCUT2D eigenvalue weighted by molar-refractivity contribution is -0.131. The lowest BCUT2D eigenvalue weighted by atomic mass is 9.93. The fraction of sp³-hybridized carbons (Fsp3) is 0.438. The number of carboxylic acid groups (broad SMARTS) is 1. The maximum Gasteiger partial charge on any atom is 0.328 e. The van der Waals surface area contributed by atoms with Crippen molar-refractivity contribution in [1.82, 2.24) is 0 Å². The number of allylic oxidation sites excluding steroid dienone is 1. The first-order valence-corrected chi connectivity index (χ1v) is 6.82. The molecule has 2 nitrogen and oxygen atoms in total. The molecule has 0 spiro atoms. The van der Waals surface area contributed by atoms with E-state index in [0.29, 0.717) is 18.3 Å². The second-order valence-electron chi connectivity index (χ2n) is 5.84. The monoisotopic (exact) mass is 278 g/mol. The van der Waals surface area contributed by atoms with Gasteiger partial charge in [-0.05, 0) is 53.9 Å². The SMILES string of the molecule is CC(F)(F)c1ccc2c(c1)C1C[C@H]1CC/C2=C\C(=O)O. The van der Waals surface area contributed by atoms with E-state index < -0.39 is 11.9 Å². The molecule has 1 unspecified atom stereocenters. The van der Waals surface area contributed by atoms with Crippen molar-refractivity contribution in [3.63, 3.8) is 0 Å². The minimum atomic E-state index is -2.86. The summed E-state index contributed by atoms with van der Waals surface area (Å²) in [7, 11) is 0. The van der Waals surface area contributed by atoms with Crippen LogP contribution in [0.15, 0.2) is 24.3 Å². The topological polar surface area (TPSA) is 37.3 Å². The van der Waals surface area contributed by atoms with Gasteiger partial charge in [0.2, 0.25) is 0 Å². The third kappa shape index (κ3) is 2.35. The van der Waals surface area contributed by atoms with Gasteiger partial charge < -0.3 is 5.11 Å². The van der Waals surface area contributed by atoms with Crippen LogP contribution in [0.5, 0.6) is 0 Å². The number of benzene rings is 1. The number of halogens is 2. The van der Waals surface area contributed by atoms with Gasteiger partial charge in [-0.15, -0.1) is 0 Å². The van der Waals surface area contributed by atoms with E-state index in [4.69, 9.17) is 5.11 Å². The number of hydrogen-bond donors (Lipinski definition) is 1. The molecule has 106 valence electrons. The van der Waals surface area contributed by atoms with Crippen molar-refractivity contribution in [1.29, 1.82) is 0 Å². The van der Waals surface area contributed by atoms with E-state index in [-0.39, 0.29) is 5.56 Å². The fourth-order valence-corrected chi connectivity index (χ4v) is 3.16. The maximum absolute atomic E-state index is 13.5. The zero-order valence-electron chi connectivity index (χ0n) is 11.2. The van der Waals surface area contributed by atoms with Crippen LogP contribution in [0.4, 0.5) is 8.78 Å². The minimum absolute atomic E-state index is 0.0125. The van der Waals surface area contributed by atoms with Gasteiger partial charge in [0.05, 0.1) is 0 Å². The summed E-state index contributed by atoms with van der Waals surface area (Å²) < 4.78 is 26.9. The molecular weight excluding hydrogens is 262 g/mol. The lowest BCUT2D eigenvalue weighted by Gasteiger charge is -2.16. The van der Waals surface area contributed by atoms with E-state index in [2.05, 4.69) is 0 Å². The second-order valence-corrected chi connectivity index (χ2v) is 5.84. The number of aliphatic carboxylic acids is 1. The first-order chi connectivity index (χ1) is 9.36. The fourth-order valence-electron chi connectivity index (χ4n) is 3.16. The first-order valence-electron chi connectivity index (χ1n) is 6.82. The van der Waals surface area contributed by atoms with Crippen LogP contribution in [-0.4, -0.2) is 11.1 Å². The van der Waals surface area contributed by atoms with Crippen molar-refractivity contribution in [2.45, 2.75) is 38.0 Å². The van der Waals surface area contributed by atoms with Gasteiger partial charge in [-0.25, -0.2) is 13.6 Å². The van der Waals surface area contributed by atoms with Crippen LogP contribution in [0.2, 0.25) is 0 Å². The van der Waals surface area contributed by atoms with Gasteiger partial charge in [-0.2, -0.15) is 0 Å². The molecule has 4 heteroatoms. The molecule has 1 fully saturated rings. The molecule has 0 saturated heterocycles. The molecule has 2 aliphatic rings. The maximum atomic E-state index is 13.5. The highest BCUT2D eigenvalue weighted by molar-refractivity contribution is 5.91. The predicted octanol–water partition coefficient (Wildman–Crippen LogP) is 4.16. The summed E-state index contributed by atoms with van der Waals surface area (Å²) in [6, 6.07) is 4.65. The quantitative estimate of drug-likeness (QED) is 0.825. The highest BCUT2D eigenvalue weighted by atomic mass is 19.3. The van der Waals surface area contributed by atoms with Gasteiger partial charge in [0, 0.05) is 18.6 Å². The average molecular weight is 278 g/mol. The Bertz CT molecular complexity index is 599. The van der Waals surface area contributed by atoms with Crippen LogP contribution in [0.25, 0.3) is 5.57 Å². The van der Waals surface area contributed by atoms with Gasteiger partial charge in [0.25, 0.3) is 5.92 Å². The standard InChI is InChI=1S/C16H16F2O2/c1-16(17,18)11-4-5-12-10(7-15(19)20)3-2-9-6-13(9)14(12)8-11/h4-5,7-9,13H,2-3,6H2,1H3,(H,19,20)/b10-7+/t9-,13?/m1/s1. The molecule has 0 heterocycles. The highest BCUT2D eigenvalue weighted by Gasteiger charge is 2.42. The number of hydrogen-bond acceptors (Lipinski definition) is 1. The summed E-state index contributed by atoms with van der Waals surface area (Å²) in [5.74, 6) is -2.99. The summed E-state index contributed by atoms with van der Waals surface area (Å²) in [6.07, 6.45) is 3.90. The molecule has 0 bridgehead atoms. The van der Waals surface area contributed by atoms with E-state index >= 15 is 0 Å². The Labute approximate surface area is 116 Å². The molecule has 1 N–H and O–H groups in total. The third-order valence-corrected chi connectivity index (χ3v) is 4.31. The molecule has 0 amide bonds. The molecule has 2 aliphatic carbocycles. The highest BCUT2D eigenvalue weighted by Crippen LogP contribution is 2.55. The number of rotatable bonds is 2. The lowest BCUT2D eigenvalue weighted by Crippen LogP contribution is -2.08. The summed E-state index contributed by atoms with van der Waals surface area (Å²) in [5.41, 5.74) is 2.51. The molecule has 1 aromatic carbocycles. The third-order valence-electron chi connectivity index (χ3n) is 4.31. The minimum Gasteiger partial charge on any atom is -0.478 e. The second kappa shape index (κ2) is 4.40. The number of carbonyl (C=O) groups is 1. The Morgan fingerprint density at radius 1 is 1.45 bits per heavy atom. The van der Waals surface area contributed by atoms with Crippen LogP contribution < -0.4 is 0 Å². The van der Waals surface area contributed by atoms with Crippen LogP contribution in [0.1, 0.15) is 48.8 Å². The van der Waals surface area contributed by atoms with Gasteiger partial charge in [0.1, 0.15) is 0 Å². The Hall–Kier alpha value is -1.71. The van der Waals surface area contributed by atoms with E-state index in [1.54, 1.807) is 12.1 Å². The largest absolute Gasteiger partial charge is 0.478 e. The Balaban J connectivity index is 2.11. The summed E-state index contributed by atoms with van der Waals surface area (Å²) >= 11 is 0. The first kappa shape index (κ1) is 13.3. The Morgan fingerprint density at radius 2 is 2.20 bits per heavy atom. The normalized spacial score (nSPS) is 26.6. The van der Waals surface area contributed by atoms with Crippen LogP contribution in [0.3, 0.4) is 0 Å². The van der Waals surface area contributed by atoms with Crippen molar-refractivity contribution in [2.75, 3.05) is 0 Å².